The van der Waals surface area contributed by atoms with E-state index < -0.39 is 0 Å². The summed E-state index contributed by atoms with van der Waals surface area (Å²) in [6, 6.07) is 10.8. The van der Waals surface area contributed by atoms with Gasteiger partial charge in [0.1, 0.15) is 5.75 Å². The van der Waals surface area contributed by atoms with Crippen molar-refractivity contribution in [3.05, 3.63) is 29.8 Å². The van der Waals surface area contributed by atoms with Gasteiger partial charge >= 0.3 is 0 Å². The van der Waals surface area contributed by atoms with Gasteiger partial charge in [0.25, 0.3) is 0 Å². The highest BCUT2D eigenvalue weighted by atomic mass is 16.5. The minimum atomic E-state index is 0.424. The molecule has 0 amide bonds. The molecule has 1 atom stereocenters. The fourth-order valence-electron chi connectivity index (χ4n) is 1.95. The van der Waals surface area contributed by atoms with Gasteiger partial charge in [-0.25, -0.2) is 0 Å². The van der Waals surface area contributed by atoms with E-state index in [0.29, 0.717) is 19.1 Å². The highest BCUT2D eigenvalue weighted by Gasteiger charge is 2.07. The zero-order valence-electron chi connectivity index (χ0n) is 12.0. The first-order valence-corrected chi connectivity index (χ1v) is 7.14. The second-order valence-corrected chi connectivity index (χ2v) is 4.59. The summed E-state index contributed by atoms with van der Waals surface area (Å²) < 4.78 is 5.59. The average Bonchev–Trinajstić information content (AvgIpc) is 2.46. The van der Waals surface area contributed by atoms with Gasteiger partial charge < -0.3 is 10.1 Å². The van der Waals surface area contributed by atoms with E-state index in [9.17, 15) is 0 Å². The largest absolute Gasteiger partial charge is 0.494 e. The Hall–Kier alpha value is -1.53. The second kappa shape index (κ2) is 9.41. The van der Waals surface area contributed by atoms with Gasteiger partial charge in [-0.2, -0.15) is 5.26 Å². The van der Waals surface area contributed by atoms with Crippen molar-refractivity contribution in [1.29, 1.82) is 5.26 Å². The third-order valence-electron chi connectivity index (χ3n) is 3.03. The Balaban J connectivity index is 2.47. The minimum Gasteiger partial charge on any atom is -0.494 e. The van der Waals surface area contributed by atoms with Crippen LogP contribution in [0.3, 0.4) is 0 Å². The molecular formula is C16H24N2O. The third-order valence-corrected chi connectivity index (χ3v) is 3.03. The number of unbranched alkanes of at least 4 members (excludes halogenated alkanes) is 1. The maximum atomic E-state index is 8.45. The van der Waals surface area contributed by atoms with Crippen LogP contribution >= 0.6 is 0 Å². The van der Waals surface area contributed by atoms with E-state index in [2.05, 4.69) is 37.4 Å². The standard InChI is InChI=1S/C16H24N2O/c1-3-12-18-16(4-2)14-7-9-15(10-8-14)19-13-6-5-11-17/h7-10,16,18H,3-6,12-13H2,1-2H3. The van der Waals surface area contributed by atoms with Crippen molar-refractivity contribution >= 4 is 0 Å². The molecule has 0 aromatic heterocycles. The Morgan fingerprint density at radius 1 is 1.26 bits per heavy atom. The lowest BCUT2D eigenvalue weighted by atomic mass is 10.0. The normalized spacial score (nSPS) is 11.8. The van der Waals surface area contributed by atoms with Crippen molar-refractivity contribution in [2.45, 2.75) is 45.6 Å². The Bertz CT molecular complexity index is 381. The molecule has 3 heteroatoms. The van der Waals surface area contributed by atoms with Crippen molar-refractivity contribution in [3.63, 3.8) is 0 Å². The average molecular weight is 260 g/mol. The Morgan fingerprint density at radius 2 is 2.00 bits per heavy atom. The fourth-order valence-corrected chi connectivity index (χ4v) is 1.95. The molecule has 0 spiro atoms. The number of hydrogen-bond acceptors (Lipinski definition) is 3. The maximum absolute atomic E-state index is 8.45. The molecule has 0 saturated carbocycles. The Morgan fingerprint density at radius 3 is 2.58 bits per heavy atom. The molecule has 1 aromatic rings. The lowest BCUT2D eigenvalue weighted by Crippen LogP contribution is -2.21. The lowest BCUT2D eigenvalue weighted by molar-refractivity contribution is 0.312. The van der Waals surface area contributed by atoms with Gasteiger partial charge in [-0.05, 0) is 43.5 Å². The zero-order valence-corrected chi connectivity index (χ0v) is 12.0. The first-order chi connectivity index (χ1) is 9.31. The number of rotatable bonds is 9. The van der Waals surface area contributed by atoms with Crippen LogP contribution in [0.5, 0.6) is 5.75 Å². The fraction of sp³-hybridized carbons (Fsp3) is 0.562. The molecule has 0 radical (unpaired) electrons. The maximum Gasteiger partial charge on any atom is 0.119 e. The molecule has 1 N–H and O–H groups in total. The van der Waals surface area contributed by atoms with Crippen LogP contribution < -0.4 is 10.1 Å². The lowest BCUT2D eigenvalue weighted by Gasteiger charge is -2.17. The van der Waals surface area contributed by atoms with Crippen molar-refractivity contribution in [2.24, 2.45) is 0 Å². The number of nitrogens with zero attached hydrogens (tertiary/aromatic N) is 1. The van der Waals surface area contributed by atoms with Crippen molar-refractivity contribution < 1.29 is 4.74 Å². The zero-order chi connectivity index (χ0) is 13.9. The molecule has 0 aliphatic heterocycles. The van der Waals surface area contributed by atoms with Crippen molar-refractivity contribution in [1.82, 2.24) is 5.32 Å². The summed E-state index contributed by atoms with van der Waals surface area (Å²) in [7, 11) is 0. The summed E-state index contributed by atoms with van der Waals surface area (Å²) in [5.41, 5.74) is 1.31. The van der Waals surface area contributed by atoms with Gasteiger partial charge in [0, 0.05) is 12.5 Å². The van der Waals surface area contributed by atoms with E-state index in [1.807, 2.05) is 12.1 Å². The molecule has 0 fully saturated rings. The van der Waals surface area contributed by atoms with Crippen molar-refractivity contribution in [2.75, 3.05) is 13.2 Å². The van der Waals surface area contributed by atoms with Gasteiger partial charge in [-0.3, -0.25) is 0 Å². The minimum absolute atomic E-state index is 0.424. The van der Waals surface area contributed by atoms with Gasteiger partial charge in [-0.1, -0.05) is 26.0 Å². The molecule has 0 saturated heterocycles. The summed E-state index contributed by atoms with van der Waals surface area (Å²) in [5, 5.41) is 12.0. The summed E-state index contributed by atoms with van der Waals surface area (Å²) in [5.74, 6) is 0.882. The number of nitrogens with one attached hydrogen (secondary N) is 1. The summed E-state index contributed by atoms with van der Waals surface area (Å²) in [6.45, 7) is 6.03. The predicted molar refractivity (Wildman–Crippen MR) is 78.1 cm³/mol. The number of benzene rings is 1. The van der Waals surface area contributed by atoms with Gasteiger partial charge in [0.15, 0.2) is 0 Å². The number of hydrogen-bond donors (Lipinski definition) is 1. The van der Waals surface area contributed by atoms with E-state index in [1.165, 1.54) is 5.56 Å². The monoisotopic (exact) mass is 260 g/mol. The molecular weight excluding hydrogens is 236 g/mol. The Labute approximate surface area is 116 Å². The van der Waals surface area contributed by atoms with E-state index in [0.717, 1.165) is 31.6 Å². The quantitative estimate of drug-likeness (QED) is 0.686. The highest BCUT2D eigenvalue weighted by molar-refractivity contribution is 5.29. The Kier molecular flexibility index (Phi) is 7.69. The summed E-state index contributed by atoms with van der Waals surface area (Å²) >= 11 is 0. The van der Waals surface area contributed by atoms with Crippen LogP contribution in [0.1, 0.15) is 51.1 Å². The van der Waals surface area contributed by atoms with Crippen LogP contribution in [0.2, 0.25) is 0 Å². The molecule has 1 unspecified atom stereocenters. The highest BCUT2D eigenvalue weighted by Crippen LogP contribution is 2.20. The first kappa shape index (κ1) is 15.5. The van der Waals surface area contributed by atoms with E-state index in [4.69, 9.17) is 10.00 Å². The molecule has 0 heterocycles. The number of nitriles is 1. The first-order valence-electron chi connectivity index (χ1n) is 7.14. The smallest absolute Gasteiger partial charge is 0.119 e. The third kappa shape index (κ3) is 5.76. The van der Waals surface area contributed by atoms with Gasteiger partial charge in [-0.15, -0.1) is 0 Å². The summed E-state index contributed by atoms with van der Waals surface area (Å²) in [6.07, 6.45) is 3.57. The summed E-state index contributed by atoms with van der Waals surface area (Å²) in [4.78, 5) is 0. The van der Waals surface area contributed by atoms with Crippen LogP contribution in [0, 0.1) is 11.3 Å². The molecule has 1 rings (SSSR count). The molecule has 104 valence electrons. The van der Waals surface area contributed by atoms with Gasteiger partial charge in [0.2, 0.25) is 0 Å². The van der Waals surface area contributed by atoms with Crippen molar-refractivity contribution in [3.8, 4) is 11.8 Å². The van der Waals surface area contributed by atoms with E-state index in [-0.39, 0.29) is 0 Å². The molecule has 19 heavy (non-hydrogen) atoms. The SMILES string of the molecule is CCCNC(CC)c1ccc(OCCCC#N)cc1. The number of ether oxygens (including phenoxy) is 1. The van der Waals surface area contributed by atoms with Crippen LogP contribution in [0.25, 0.3) is 0 Å². The molecule has 1 aromatic carbocycles. The predicted octanol–water partition coefficient (Wildman–Crippen LogP) is 3.82. The van der Waals surface area contributed by atoms with Crippen LogP contribution in [-0.2, 0) is 0 Å². The van der Waals surface area contributed by atoms with Crippen LogP contribution in [0.15, 0.2) is 24.3 Å². The topological polar surface area (TPSA) is 45.0 Å². The van der Waals surface area contributed by atoms with Gasteiger partial charge in [0.05, 0.1) is 12.7 Å². The molecule has 0 aliphatic rings. The van der Waals surface area contributed by atoms with E-state index in [1.54, 1.807) is 0 Å². The molecule has 0 bridgehead atoms. The molecule has 0 aliphatic carbocycles. The molecule has 3 nitrogen and oxygen atoms in total. The van der Waals surface area contributed by atoms with Crippen LogP contribution in [0.4, 0.5) is 0 Å². The van der Waals surface area contributed by atoms with Crippen LogP contribution in [-0.4, -0.2) is 13.2 Å². The van der Waals surface area contributed by atoms with E-state index >= 15 is 0 Å². The second-order valence-electron chi connectivity index (χ2n) is 4.59.